The number of nitrogens with one attached hydrogen (secondary N) is 1. The molecule has 0 aliphatic rings. The van der Waals surface area contributed by atoms with Crippen LogP contribution in [-0.4, -0.2) is 37.5 Å². The van der Waals surface area contributed by atoms with E-state index in [2.05, 4.69) is 4.72 Å². The molecular formula is C9H13NO4S3. The summed E-state index contributed by atoms with van der Waals surface area (Å²) in [5, 5.41) is 10.6. The monoisotopic (exact) mass is 295 g/mol. The van der Waals surface area contributed by atoms with Gasteiger partial charge in [0.15, 0.2) is 0 Å². The van der Waals surface area contributed by atoms with Gasteiger partial charge in [0.05, 0.1) is 0 Å². The Kier molecular flexibility index (Phi) is 5.44. The van der Waals surface area contributed by atoms with E-state index in [1.807, 2.05) is 6.26 Å². The van der Waals surface area contributed by atoms with Crippen LogP contribution in [-0.2, 0) is 14.8 Å². The van der Waals surface area contributed by atoms with Crippen molar-refractivity contribution in [2.24, 2.45) is 0 Å². The Balaban J connectivity index is 2.76. The molecule has 0 amide bonds. The lowest BCUT2D eigenvalue weighted by Gasteiger charge is -2.13. The molecule has 1 heterocycles. The molecule has 1 atom stereocenters. The van der Waals surface area contributed by atoms with E-state index >= 15 is 0 Å². The van der Waals surface area contributed by atoms with E-state index in [4.69, 9.17) is 5.11 Å². The molecule has 0 bridgehead atoms. The molecule has 0 spiro atoms. The third kappa shape index (κ3) is 4.30. The maximum absolute atomic E-state index is 11.8. The zero-order valence-electron chi connectivity index (χ0n) is 9.12. The van der Waals surface area contributed by atoms with E-state index in [9.17, 15) is 13.2 Å². The van der Waals surface area contributed by atoms with E-state index < -0.39 is 22.0 Å². The van der Waals surface area contributed by atoms with Gasteiger partial charge in [0.1, 0.15) is 10.3 Å². The summed E-state index contributed by atoms with van der Waals surface area (Å²) in [6.07, 6.45) is 2.10. The molecule has 0 aliphatic heterocycles. The van der Waals surface area contributed by atoms with Gasteiger partial charge in [-0.05, 0) is 29.9 Å². The third-order valence-electron chi connectivity index (χ3n) is 1.97. The fraction of sp³-hybridized carbons (Fsp3) is 0.444. The first-order valence-corrected chi connectivity index (χ1v) is 8.50. The van der Waals surface area contributed by atoms with Gasteiger partial charge in [0.2, 0.25) is 0 Å². The summed E-state index contributed by atoms with van der Waals surface area (Å²) >= 11 is 2.53. The molecular weight excluding hydrogens is 282 g/mol. The van der Waals surface area contributed by atoms with Crippen LogP contribution < -0.4 is 4.72 Å². The summed E-state index contributed by atoms with van der Waals surface area (Å²) < 4.78 is 25.9. The zero-order chi connectivity index (χ0) is 12.9. The van der Waals surface area contributed by atoms with Gasteiger partial charge in [-0.3, -0.25) is 4.79 Å². The number of thioether (sulfide) groups is 1. The van der Waals surface area contributed by atoms with Crippen LogP contribution in [0.15, 0.2) is 21.7 Å². The number of sulfonamides is 1. The second kappa shape index (κ2) is 6.39. The highest BCUT2D eigenvalue weighted by Crippen LogP contribution is 2.16. The molecule has 0 aromatic carbocycles. The fourth-order valence-electron chi connectivity index (χ4n) is 1.13. The Morgan fingerprint density at radius 1 is 1.65 bits per heavy atom. The predicted molar refractivity (Wildman–Crippen MR) is 69.1 cm³/mol. The lowest BCUT2D eigenvalue weighted by atomic mass is 10.2. The van der Waals surface area contributed by atoms with Crippen LogP contribution in [0.5, 0.6) is 0 Å². The van der Waals surface area contributed by atoms with Crippen LogP contribution in [0.1, 0.15) is 6.42 Å². The highest BCUT2D eigenvalue weighted by Gasteiger charge is 2.25. The first-order chi connectivity index (χ1) is 7.97. The van der Waals surface area contributed by atoms with Gasteiger partial charge in [-0.15, -0.1) is 11.3 Å². The Bertz CT molecular complexity index is 455. The number of hydrogen-bond acceptors (Lipinski definition) is 5. The molecule has 2 N–H and O–H groups in total. The number of aliphatic carboxylic acids is 1. The maximum atomic E-state index is 11.8. The van der Waals surface area contributed by atoms with Crippen LogP contribution in [0.2, 0.25) is 0 Å². The van der Waals surface area contributed by atoms with Crippen molar-refractivity contribution in [2.45, 2.75) is 16.7 Å². The molecule has 17 heavy (non-hydrogen) atoms. The summed E-state index contributed by atoms with van der Waals surface area (Å²) in [7, 11) is -3.71. The van der Waals surface area contributed by atoms with Gasteiger partial charge in [-0.2, -0.15) is 16.5 Å². The van der Waals surface area contributed by atoms with E-state index in [0.717, 1.165) is 11.3 Å². The topological polar surface area (TPSA) is 83.5 Å². The van der Waals surface area contributed by atoms with Crippen LogP contribution in [0.4, 0.5) is 0 Å². The number of carbonyl (C=O) groups is 1. The summed E-state index contributed by atoms with van der Waals surface area (Å²) in [6.45, 7) is 0. The molecule has 1 aromatic heterocycles. The minimum Gasteiger partial charge on any atom is -0.480 e. The van der Waals surface area contributed by atoms with Crippen LogP contribution in [0, 0.1) is 0 Å². The lowest BCUT2D eigenvalue weighted by molar-refractivity contribution is -0.139. The molecule has 1 aromatic rings. The molecule has 8 heteroatoms. The lowest BCUT2D eigenvalue weighted by Crippen LogP contribution is -2.40. The maximum Gasteiger partial charge on any atom is 0.321 e. The zero-order valence-corrected chi connectivity index (χ0v) is 11.6. The predicted octanol–water partition coefficient (Wildman–Crippen LogP) is 1.23. The molecule has 0 radical (unpaired) electrons. The summed E-state index contributed by atoms with van der Waals surface area (Å²) in [5.41, 5.74) is 0. The molecule has 0 saturated carbocycles. The highest BCUT2D eigenvalue weighted by molar-refractivity contribution is 7.98. The molecule has 0 saturated heterocycles. The SMILES string of the molecule is CSCC[C@H](NS(=O)(=O)c1cccs1)C(=O)O. The standard InChI is InChI=1S/C9H13NO4S3/c1-15-6-4-7(9(11)12)10-17(13,14)8-3-2-5-16-8/h2-3,5,7,10H,4,6H2,1H3,(H,11,12)/t7-/m0/s1. The average molecular weight is 295 g/mol. The Morgan fingerprint density at radius 3 is 2.82 bits per heavy atom. The number of rotatable bonds is 7. The number of thiophene rings is 1. The van der Waals surface area contributed by atoms with Gasteiger partial charge in [0, 0.05) is 0 Å². The van der Waals surface area contributed by atoms with Crippen LogP contribution in [0.3, 0.4) is 0 Å². The van der Waals surface area contributed by atoms with Crippen molar-refractivity contribution in [1.29, 1.82) is 0 Å². The van der Waals surface area contributed by atoms with Crippen molar-refractivity contribution in [3.8, 4) is 0 Å². The first-order valence-electron chi connectivity index (χ1n) is 4.75. The minimum atomic E-state index is -3.71. The molecule has 0 aliphatic carbocycles. The third-order valence-corrected chi connectivity index (χ3v) is 5.48. The van der Waals surface area contributed by atoms with E-state index in [-0.39, 0.29) is 10.6 Å². The quantitative estimate of drug-likeness (QED) is 0.790. The summed E-state index contributed by atoms with van der Waals surface area (Å²) in [6, 6.07) is 1.98. The molecule has 0 fully saturated rings. The van der Waals surface area contributed by atoms with Crippen molar-refractivity contribution < 1.29 is 18.3 Å². The minimum absolute atomic E-state index is 0.132. The largest absolute Gasteiger partial charge is 0.480 e. The summed E-state index contributed by atoms with van der Waals surface area (Å²) in [4.78, 5) is 10.9. The van der Waals surface area contributed by atoms with Crippen LogP contribution in [0.25, 0.3) is 0 Å². The number of hydrogen-bond donors (Lipinski definition) is 2. The van der Waals surface area contributed by atoms with Gasteiger partial charge < -0.3 is 5.11 Å². The second-order valence-electron chi connectivity index (χ2n) is 3.23. The Morgan fingerprint density at radius 2 is 2.35 bits per heavy atom. The van der Waals surface area contributed by atoms with Gasteiger partial charge in [-0.25, -0.2) is 8.42 Å². The number of carboxylic acids is 1. The van der Waals surface area contributed by atoms with Crippen molar-refractivity contribution in [3.05, 3.63) is 17.5 Å². The van der Waals surface area contributed by atoms with Gasteiger partial charge >= 0.3 is 5.97 Å². The van der Waals surface area contributed by atoms with E-state index in [1.54, 1.807) is 11.4 Å². The summed E-state index contributed by atoms with van der Waals surface area (Å²) in [5.74, 6) is -0.566. The van der Waals surface area contributed by atoms with Crippen molar-refractivity contribution >= 4 is 39.1 Å². The van der Waals surface area contributed by atoms with Crippen molar-refractivity contribution in [1.82, 2.24) is 4.72 Å². The average Bonchev–Trinajstić information content (AvgIpc) is 2.77. The van der Waals surface area contributed by atoms with Crippen molar-refractivity contribution in [2.75, 3.05) is 12.0 Å². The van der Waals surface area contributed by atoms with Gasteiger partial charge in [0.25, 0.3) is 10.0 Å². The second-order valence-corrected chi connectivity index (χ2v) is 7.10. The highest BCUT2D eigenvalue weighted by atomic mass is 32.2. The normalized spacial score (nSPS) is 13.5. The van der Waals surface area contributed by atoms with E-state index in [1.165, 1.54) is 17.8 Å². The number of carboxylic acid groups (broad SMARTS) is 1. The molecule has 1 rings (SSSR count). The van der Waals surface area contributed by atoms with Crippen LogP contribution >= 0.6 is 23.1 Å². The van der Waals surface area contributed by atoms with Gasteiger partial charge in [-0.1, -0.05) is 6.07 Å². The first kappa shape index (κ1) is 14.5. The molecule has 5 nitrogen and oxygen atoms in total. The fourth-order valence-corrected chi connectivity index (χ4v) is 3.83. The molecule has 96 valence electrons. The Hall–Kier alpha value is -0.570. The molecule has 0 unspecified atom stereocenters. The smallest absolute Gasteiger partial charge is 0.321 e. The van der Waals surface area contributed by atoms with Crippen molar-refractivity contribution in [3.63, 3.8) is 0 Å². The van der Waals surface area contributed by atoms with E-state index in [0.29, 0.717) is 5.75 Å². The Labute approximate surface area is 108 Å².